The highest BCUT2D eigenvalue weighted by molar-refractivity contribution is 7.69. The first kappa shape index (κ1) is 18.6. The van der Waals surface area contributed by atoms with Crippen LogP contribution in [0.2, 0.25) is 0 Å². The molecule has 0 spiro atoms. The van der Waals surface area contributed by atoms with Crippen molar-refractivity contribution in [1.82, 2.24) is 0 Å². The number of hydrogen-bond donors (Lipinski definition) is 1. The van der Waals surface area contributed by atoms with E-state index < -0.39 is 29.9 Å². The molecular formula is C11H17N2O7PS. The highest BCUT2D eigenvalue weighted by atomic mass is 32.1. The first-order chi connectivity index (χ1) is 10.0. The fourth-order valence-electron chi connectivity index (χ4n) is 1.38. The molecule has 1 heterocycles. The van der Waals surface area contributed by atoms with Crippen molar-refractivity contribution < 1.29 is 28.1 Å². The predicted molar refractivity (Wildman–Crippen MR) is 82.1 cm³/mol. The number of thiophene rings is 1. The summed E-state index contributed by atoms with van der Waals surface area (Å²) in [6.07, 6.45) is -0.853. The van der Waals surface area contributed by atoms with Crippen LogP contribution < -0.4 is 9.94 Å². The number of nitrogens with one attached hydrogen (secondary N) is 1. The largest absolute Gasteiger partial charge is 0.444 e. The summed E-state index contributed by atoms with van der Waals surface area (Å²) in [7, 11) is -1.31. The van der Waals surface area contributed by atoms with Gasteiger partial charge in [-0.1, -0.05) is 0 Å². The molecule has 1 N–H and O–H groups in total. The molecule has 0 bridgehead atoms. The Kier molecular flexibility index (Phi) is 5.69. The third-order valence-corrected chi connectivity index (χ3v) is 5.68. The summed E-state index contributed by atoms with van der Waals surface area (Å²) in [5.41, 5.74) is -1.17. The van der Waals surface area contributed by atoms with Crippen molar-refractivity contribution in [2.45, 2.75) is 26.4 Å². The second-order valence-electron chi connectivity index (χ2n) is 5.05. The number of nitro groups is 1. The number of anilines is 1. The lowest BCUT2D eigenvalue weighted by Gasteiger charge is -2.19. The summed E-state index contributed by atoms with van der Waals surface area (Å²) < 4.78 is 26.9. The number of nitrogens with zero attached hydrogens (tertiary/aromatic N) is 1. The first-order valence-corrected chi connectivity index (χ1v) is 8.38. The maximum Gasteiger partial charge on any atom is 0.412 e. The maximum absolute atomic E-state index is 12.3. The van der Waals surface area contributed by atoms with E-state index in [0.717, 1.165) is 31.6 Å². The highest BCUT2D eigenvalue weighted by Gasteiger charge is 2.33. The lowest BCUT2D eigenvalue weighted by molar-refractivity contribution is -0.383. The van der Waals surface area contributed by atoms with Crippen LogP contribution in [0.3, 0.4) is 0 Å². The molecule has 11 heteroatoms. The molecule has 0 saturated heterocycles. The average Bonchev–Trinajstić information content (AvgIpc) is 2.80. The van der Waals surface area contributed by atoms with Crippen molar-refractivity contribution in [2.24, 2.45) is 0 Å². The van der Waals surface area contributed by atoms with Crippen molar-refractivity contribution in [3.05, 3.63) is 16.2 Å². The Balaban J connectivity index is 3.14. The van der Waals surface area contributed by atoms with Gasteiger partial charge in [-0.15, -0.1) is 11.3 Å². The minimum Gasteiger partial charge on any atom is -0.444 e. The molecule has 0 radical (unpaired) electrons. The van der Waals surface area contributed by atoms with E-state index in [9.17, 15) is 19.5 Å². The van der Waals surface area contributed by atoms with Gasteiger partial charge < -0.3 is 13.8 Å². The number of ether oxygens (including phenoxy) is 1. The topological polar surface area (TPSA) is 117 Å². The van der Waals surface area contributed by atoms with E-state index in [2.05, 4.69) is 5.32 Å². The van der Waals surface area contributed by atoms with E-state index in [1.807, 2.05) is 0 Å². The summed E-state index contributed by atoms with van der Waals surface area (Å²) in [4.78, 5) is 22.1. The summed E-state index contributed by atoms with van der Waals surface area (Å²) in [5, 5.41) is 13.2. The van der Waals surface area contributed by atoms with Crippen molar-refractivity contribution in [3.8, 4) is 0 Å². The summed E-state index contributed by atoms with van der Waals surface area (Å²) in [5.74, 6) is 0. The van der Waals surface area contributed by atoms with Gasteiger partial charge in [-0.25, -0.2) is 4.79 Å². The number of hydrogen-bond acceptors (Lipinski definition) is 8. The molecule has 9 nitrogen and oxygen atoms in total. The third-order valence-electron chi connectivity index (χ3n) is 2.26. The quantitative estimate of drug-likeness (QED) is 0.491. The molecule has 1 aromatic rings. The molecule has 0 unspecified atom stereocenters. The number of carbonyl (C=O) groups is 1. The molecule has 124 valence electrons. The Bertz CT molecular complexity index is 614. The molecule has 0 aliphatic carbocycles. The van der Waals surface area contributed by atoms with E-state index in [0.29, 0.717) is 0 Å². The van der Waals surface area contributed by atoms with Gasteiger partial charge in [0, 0.05) is 20.3 Å². The second kappa shape index (κ2) is 6.74. The standard InChI is InChI=1S/C11H17N2O7PS/c1-11(2,3)20-10(14)12-9-7(13(15)16)6-8(22-9)21(17,18-4)19-5/h6H,1-5H3,(H,12,14). The maximum atomic E-state index is 12.3. The van der Waals surface area contributed by atoms with Gasteiger partial charge in [0.25, 0.3) is 0 Å². The zero-order chi connectivity index (χ0) is 17.1. The molecule has 1 aromatic heterocycles. The van der Waals surface area contributed by atoms with E-state index in [4.69, 9.17) is 13.8 Å². The van der Waals surface area contributed by atoms with Crippen molar-refractivity contribution >= 4 is 40.3 Å². The van der Waals surface area contributed by atoms with Crippen molar-refractivity contribution in [3.63, 3.8) is 0 Å². The molecule has 0 fully saturated rings. The van der Waals surface area contributed by atoms with Crippen LogP contribution in [0.1, 0.15) is 20.8 Å². The van der Waals surface area contributed by atoms with Crippen LogP contribution in [0.5, 0.6) is 0 Å². The predicted octanol–water partition coefficient (Wildman–Crippen LogP) is 3.11. The molecule has 0 saturated carbocycles. The van der Waals surface area contributed by atoms with Crippen LogP contribution >= 0.6 is 18.9 Å². The SMILES string of the molecule is COP(=O)(OC)c1cc([N+](=O)[O-])c(NC(=O)OC(C)(C)C)s1. The van der Waals surface area contributed by atoms with Crippen LogP contribution in [-0.2, 0) is 18.3 Å². The molecule has 1 rings (SSSR count). The van der Waals surface area contributed by atoms with Gasteiger partial charge in [0.05, 0.1) is 4.92 Å². The average molecular weight is 352 g/mol. The van der Waals surface area contributed by atoms with Crippen LogP contribution in [0.4, 0.5) is 15.5 Å². The van der Waals surface area contributed by atoms with Gasteiger partial charge in [-0.2, -0.15) is 0 Å². The molecule has 0 aromatic carbocycles. The Labute approximate surface area is 131 Å². The third kappa shape index (κ3) is 4.51. The van der Waals surface area contributed by atoms with E-state index in [1.54, 1.807) is 20.8 Å². The molecule has 22 heavy (non-hydrogen) atoms. The van der Waals surface area contributed by atoms with Crippen molar-refractivity contribution in [1.29, 1.82) is 0 Å². The van der Waals surface area contributed by atoms with Gasteiger partial charge in [0.2, 0.25) is 0 Å². The number of rotatable bonds is 5. The zero-order valence-electron chi connectivity index (χ0n) is 12.7. The minimum atomic E-state index is -3.64. The molecule has 0 atom stereocenters. The summed E-state index contributed by atoms with van der Waals surface area (Å²) in [6.45, 7) is 4.97. The van der Waals surface area contributed by atoms with Gasteiger partial charge in [-0.3, -0.25) is 20.0 Å². The first-order valence-electron chi connectivity index (χ1n) is 6.02. The minimum absolute atomic E-state index is 0.00950. The van der Waals surface area contributed by atoms with Crippen LogP contribution in [0.25, 0.3) is 0 Å². The van der Waals surface area contributed by atoms with E-state index in [-0.39, 0.29) is 9.62 Å². The van der Waals surface area contributed by atoms with Gasteiger partial charge in [-0.05, 0) is 20.8 Å². The fraction of sp³-hybridized carbons (Fsp3) is 0.545. The highest BCUT2D eigenvalue weighted by Crippen LogP contribution is 2.49. The summed E-state index contributed by atoms with van der Waals surface area (Å²) >= 11 is 0.732. The zero-order valence-corrected chi connectivity index (χ0v) is 14.4. The molecular weight excluding hydrogens is 335 g/mol. The normalized spacial score (nSPS) is 12.0. The van der Waals surface area contributed by atoms with E-state index in [1.165, 1.54) is 0 Å². The number of carbonyl (C=O) groups excluding carboxylic acids is 1. The Hall–Kier alpha value is -1.48. The summed E-state index contributed by atoms with van der Waals surface area (Å²) in [6, 6.07) is 1.05. The Morgan fingerprint density at radius 1 is 1.36 bits per heavy atom. The van der Waals surface area contributed by atoms with Crippen LogP contribution in [0.15, 0.2) is 6.07 Å². The van der Waals surface area contributed by atoms with Gasteiger partial charge >= 0.3 is 19.4 Å². The van der Waals surface area contributed by atoms with E-state index >= 15 is 0 Å². The number of amides is 1. The Morgan fingerprint density at radius 2 is 1.91 bits per heavy atom. The lowest BCUT2D eigenvalue weighted by atomic mass is 10.2. The van der Waals surface area contributed by atoms with Crippen LogP contribution in [0, 0.1) is 10.1 Å². The van der Waals surface area contributed by atoms with Crippen LogP contribution in [-0.4, -0.2) is 30.8 Å². The molecule has 0 aliphatic heterocycles. The fourth-order valence-corrected chi connectivity index (χ4v) is 4.09. The monoisotopic (exact) mass is 352 g/mol. The van der Waals surface area contributed by atoms with Crippen molar-refractivity contribution in [2.75, 3.05) is 19.5 Å². The van der Waals surface area contributed by atoms with Gasteiger partial charge in [0.15, 0.2) is 5.00 Å². The molecule has 1 amide bonds. The van der Waals surface area contributed by atoms with Gasteiger partial charge in [0.1, 0.15) is 10.2 Å². The lowest BCUT2D eigenvalue weighted by Crippen LogP contribution is -2.27. The second-order valence-corrected chi connectivity index (χ2v) is 8.61. The molecule has 0 aliphatic rings. The smallest absolute Gasteiger partial charge is 0.412 e. The Morgan fingerprint density at radius 3 is 2.32 bits per heavy atom.